The van der Waals surface area contributed by atoms with Crippen LogP contribution in [0.25, 0.3) is 10.9 Å². The van der Waals surface area contributed by atoms with Crippen molar-refractivity contribution >= 4 is 40.0 Å². The molecule has 216 valence electrons. The van der Waals surface area contributed by atoms with E-state index in [0.717, 1.165) is 67.0 Å². The lowest BCUT2D eigenvalue weighted by Crippen LogP contribution is -2.51. The van der Waals surface area contributed by atoms with E-state index < -0.39 is 0 Å². The van der Waals surface area contributed by atoms with E-state index in [0.29, 0.717) is 26.2 Å². The molecular weight excluding hydrogens is 516 g/mol. The number of rotatable bonds is 4. The molecule has 2 aromatic carbocycles. The third-order valence-electron chi connectivity index (χ3n) is 8.71. The lowest BCUT2D eigenvalue weighted by atomic mass is 9.91. The van der Waals surface area contributed by atoms with Crippen molar-refractivity contribution in [2.45, 2.75) is 31.6 Å². The number of urea groups is 2. The van der Waals surface area contributed by atoms with Crippen molar-refractivity contribution in [2.75, 3.05) is 81.6 Å². The molecule has 3 aliphatic heterocycles. The number of hydrogen-bond acceptors (Lipinski definition) is 6. The molecule has 0 saturated carbocycles. The minimum Gasteiger partial charge on any atom is -0.372 e. The average Bonchev–Trinajstić information content (AvgIpc) is 3.56. The van der Waals surface area contributed by atoms with Gasteiger partial charge in [-0.05, 0) is 68.1 Å². The Balaban J connectivity index is 1.05. The van der Waals surface area contributed by atoms with Crippen LogP contribution in [-0.4, -0.2) is 103 Å². The van der Waals surface area contributed by atoms with Gasteiger partial charge >= 0.3 is 12.1 Å². The molecule has 0 aliphatic carbocycles. The van der Waals surface area contributed by atoms with Gasteiger partial charge < -0.3 is 29.8 Å². The molecule has 0 radical (unpaired) electrons. The Morgan fingerprint density at radius 1 is 0.780 bits per heavy atom. The van der Waals surface area contributed by atoms with Crippen molar-refractivity contribution in [3.05, 3.63) is 54.5 Å². The number of benzene rings is 2. The number of aromatic nitrogens is 2. The highest BCUT2D eigenvalue weighted by Gasteiger charge is 2.27. The zero-order valence-corrected chi connectivity index (χ0v) is 24.1. The highest BCUT2D eigenvalue weighted by molar-refractivity contribution is 5.90. The van der Waals surface area contributed by atoms with Crippen molar-refractivity contribution in [3.8, 4) is 0 Å². The highest BCUT2D eigenvalue weighted by atomic mass is 16.2. The summed E-state index contributed by atoms with van der Waals surface area (Å²) in [6, 6.07) is 14.7. The van der Waals surface area contributed by atoms with E-state index >= 15 is 0 Å². The first kappa shape index (κ1) is 27.1. The van der Waals surface area contributed by atoms with Crippen LogP contribution in [0.2, 0.25) is 0 Å². The van der Waals surface area contributed by atoms with Crippen LogP contribution >= 0.6 is 0 Å². The number of anilines is 3. The summed E-state index contributed by atoms with van der Waals surface area (Å²) in [4.78, 5) is 44.7. The quantitative estimate of drug-likeness (QED) is 0.511. The largest absolute Gasteiger partial charge is 0.372 e. The van der Waals surface area contributed by atoms with Crippen LogP contribution in [0.3, 0.4) is 0 Å². The zero-order valence-electron chi connectivity index (χ0n) is 24.1. The van der Waals surface area contributed by atoms with Gasteiger partial charge in [0.2, 0.25) is 0 Å². The fourth-order valence-electron chi connectivity index (χ4n) is 6.32. The maximum Gasteiger partial charge on any atom is 0.321 e. The van der Waals surface area contributed by atoms with Crippen LogP contribution in [-0.2, 0) is 0 Å². The molecule has 3 aliphatic rings. The van der Waals surface area contributed by atoms with Gasteiger partial charge in [-0.2, -0.15) is 0 Å². The fourth-order valence-corrected chi connectivity index (χ4v) is 6.32. The molecule has 3 aromatic rings. The predicted octanol–water partition coefficient (Wildman–Crippen LogP) is 4.45. The van der Waals surface area contributed by atoms with Crippen molar-refractivity contribution in [1.29, 1.82) is 0 Å². The molecule has 10 heteroatoms. The van der Waals surface area contributed by atoms with Crippen molar-refractivity contribution < 1.29 is 9.59 Å². The summed E-state index contributed by atoms with van der Waals surface area (Å²) in [6.07, 6.45) is 5.91. The summed E-state index contributed by atoms with van der Waals surface area (Å²) in [7, 11) is 3.59. The summed E-state index contributed by atoms with van der Waals surface area (Å²) in [5.41, 5.74) is 5.20. The fraction of sp³-hybridized carbons (Fsp3) is 0.484. The molecule has 0 atom stereocenters. The van der Waals surface area contributed by atoms with Crippen LogP contribution < -0.4 is 15.1 Å². The molecule has 4 heterocycles. The number of nitrogens with zero attached hydrogens (tertiary/aromatic N) is 7. The Labute approximate surface area is 241 Å². The van der Waals surface area contributed by atoms with Gasteiger partial charge in [-0.25, -0.2) is 19.6 Å². The molecule has 4 amide bonds. The second-order valence-electron chi connectivity index (χ2n) is 11.5. The second-order valence-corrected chi connectivity index (χ2v) is 11.5. The first-order valence-corrected chi connectivity index (χ1v) is 14.8. The third kappa shape index (κ3) is 5.87. The van der Waals surface area contributed by atoms with Crippen LogP contribution in [0.5, 0.6) is 0 Å². The molecule has 10 nitrogen and oxygen atoms in total. The van der Waals surface area contributed by atoms with Crippen LogP contribution in [0.4, 0.5) is 26.7 Å². The predicted molar refractivity (Wildman–Crippen MR) is 163 cm³/mol. The minimum atomic E-state index is -0.0399. The summed E-state index contributed by atoms with van der Waals surface area (Å²) in [5, 5.41) is 4.16. The molecule has 6 rings (SSSR count). The number of hydrogen-bond donors (Lipinski definition) is 1. The number of nitrogens with one attached hydrogen (secondary N) is 1. The van der Waals surface area contributed by atoms with Gasteiger partial charge in [-0.15, -0.1) is 0 Å². The number of fused-ring (bicyclic) bond motifs is 1. The maximum absolute atomic E-state index is 13.0. The molecule has 0 spiro atoms. The molecule has 1 aromatic heterocycles. The van der Waals surface area contributed by atoms with E-state index in [4.69, 9.17) is 4.98 Å². The molecule has 1 N–H and O–H groups in total. The van der Waals surface area contributed by atoms with Crippen molar-refractivity contribution in [2.24, 2.45) is 0 Å². The number of piperazine rings is 1. The first-order chi connectivity index (χ1) is 20.0. The average molecular weight is 557 g/mol. The number of piperidine rings is 1. The Hall–Kier alpha value is -4.08. The van der Waals surface area contributed by atoms with E-state index in [9.17, 15) is 9.59 Å². The smallest absolute Gasteiger partial charge is 0.321 e. The lowest BCUT2D eigenvalue weighted by Gasteiger charge is -2.37. The second kappa shape index (κ2) is 11.8. The van der Waals surface area contributed by atoms with Gasteiger partial charge in [0.1, 0.15) is 6.33 Å². The standard InChI is InChI=1S/C31H40N8O2/c1-35(2)31(41)39-19-17-37(18-20-39)26-9-10-27-28(21-26)32-22-33-29(27)23-11-15-38(16-12-23)30(40)34-24-5-7-25(8-6-24)36-13-3-4-14-36/h5-10,21-23H,3-4,11-20H2,1-2H3,(H,34,40). The van der Waals surface area contributed by atoms with Crippen LogP contribution in [0.15, 0.2) is 48.8 Å². The van der Waals surface area contributed by atoms with Gasteiger partial charge in [0.25, 0.3) is 0 Å². The zero-order chi connectivity index (χ0) is 28.3. The first-order valence-electron chi connectivity index (χ1n) is 14.8. The molecule has 3 saturated heterocycles. The molecule has 3 fully saturated rings. The van der Waals surface area contributed by atoms with Crippen LogP contribution in [0, 0.1) is 0 Å². The minimum absolute atomic E-state index is 0.0399. The van der Waals surface area contributed by atoms with E-state index in [2.05, 4.69) is 50.4 Å². The summed E-state index contributed by atoms with van der Waals surface area (Å²) in [6.45, 7) is 6.63. The topological polar surface area (TPSA) is 88.2 Å². The Morgan fingerprint density at radius 3 is 2.12 bits per heavy atom. The molecule has 0 unspecified atom stereocenters. The third-order valence-corrected chi connectivity index (χ3v) is 8.71. The van der Waals surface area contributed by atoms with Crippen LogP contribution in [0.1, 0.15) is 37.3 Å². The Bertz CT molecular complexity index is 1370. The van der Waals surface area contributed by atoms with Gasteiger partial charge in [0, 0.05) is 94.8 Å². The van der Waals surface area contributed by atoms with Gasteiger partial charge in [0.05, 0.1) is 11.2 Å². The van der Waals surface area contributed by atoms with Gasteiger partial charge in [0.15, 0.2) is 0 Å². The van der Waals surface area contributed by atoms with Crippen molar-refractivity contribution in [1.82, 2.24) is 24.7 Å². The van der Waals surface area contributed by atoms with Gasteiger partial charge in [-0.3, -0.25) is 0 Å². The highest BCUT2D eigenvalue weighted by Crippen LogP contribution is 2.33. The number of carbonyl (C=O) groups is 2. The Morgan fingerprint density at radius 2 is 1.44 bits per heavy atom. The lowest BCUT2D eigenvalue weighted by molar-refractivity contribution is 0.168. The van der Waals surface area contributed by atoms with E-state index in [1.54, 1.807) is 25.3 Å². The van der Waals surface area contributed by atoms with Gasteiger partial charge in [-0.1, -0.05) is 0 Å². The molecule has 0 bridgehead atoms. The van der Waals surface area contributed by atoms with E-state index in [1.165, 1.54) is 18.5 Å². The van der Waals surface area contributed by atoms with Crippen molar-refractivity contribution in [3.63, 3.8) is 0 Å². The summed E-state index contributed by atoms with van der Waals surface area (Å²) >= 11 is 0. The summed E-state index contributed by atoms with van der Waals surface area (Å²) in [5.74, 6) is 0.288. The maximum atomic E-state index is 13.0. The Kier molecular flexibility index (Phi) is 7.80. The summed E-state index contributed by atoms with van der Waals surface area (Å²) < 4.78 is 0. The molecular formula is C31H40N8O2. The number of carbonyl (C=O) groups excluding carboxylic acids is 2. The molecule has 41 heavy (non-hydrogen) atoms. The van der Waals surface area contributed by atoms with E-state index in [1.807, 2.05) is 21.9 Å². The normalized spacial score (nSPS) is 18.2. The number of amides is 4. The monoisotopic (exact) mass is 556 g/mol. The SMILES string of the molecule is CN(C)C(=O)N1CCN(c2ccc3c(C4CCN(C(=O)Nc5ccc(N6CCCC6)cc5)CC4)ncnc3c2)CC1. The number of likely N-dealkylation sites (tertiary alicyclic amines) is 1. The van der Waals surface area contributed by atoms with E-state index in [-0.39, 0.29) is 18.0 Å².